The van der Waals surface area contributed by atoms with Gasteiger partial charge in [0, 0.05) is 6.20 Å². The van der Waals surface area contributed by atoms with E-state index in [4.69, 9.17) is 5.26 Å². The normalized spacial score (nSPS) is 17.9. The molecule has 3 rings (SSSR count). The highest BCUT2D eigenvalue weighted by Gasteiger charge is 2.47. The quantitative estimate of drug-likeness (QED) is 0.677. The molecular weight excluding hydrogens is 174 g/mol. The highest BCUT2D eigenvalue weighted by atomic mass is 15.0. The molecule has 3 heteroatoms. The van der Waals surface area contributed by atoms with E-state index in [-0.39, 0.29) is 5.41 Å². The fraction of sp³-hybridized carbons (Fsp3) is 0.273. The molecule has 0 saturated heterocycles. The first-order valence-corrected chi connectivity index (χ1v) is 4.70. The maximum atomic E-state index is 9.10. The van der Waals surface area contributed by atoms with Crippen molar-refractivity contribution >= 4 is 5.65 Å². The molecule has 1 aliphatic carbocycles. The highest BCUT2D eigenvalue weighted by Crippen LogP contribution is 2.47. The van der Waals surface area contributed by atoms with Gasteiger partial charge in [0.05, 0.1) is 23.4 Å². The third-order valence-electron chi connectivity index (χ3n) is 2.87. The Morgan fingerprint density at radius 3 is 3.00 bits per heavy atom. The number of pyridine rings is 1. The maximum Gasteiger partial charge on any atom is 0.136 e. The second kappa shape index (κ2) is 2.36. The minimum atomic E-state index is -0.249. The first-order valence-electron chi connectivity index (χ1n) is 4.70. The van der Waals surface area contributed by atoms with E-state index in [1.807, 2.05) is 35.0 Å². The Hall–Kier alpha value is -1.82. The SMILES string of the molecule is N#CC1(c2cnc3ccccn23)CC1. The lowest BCUT2D eigenvalue weighted by Gasteiger charge is -2.04. The highest BCUT2D eigenvalue weighted by molar-refractivity contribution is 5.45. The molecule has 0 aromatic carbocycles. The zero-order chi connectivity index (χ0) is 9.60. The van der Waals surface area contributed by atoms with E-state index < -0.39 is 0 Å². The number of fused-ring (bicyclic) bond motifs is 1. The minimum absolute atomic E-state index is 0.249. The molecule has 1 saturated carbocycles. The van der Waals surface area contributed by atoms with Crippen molar-refractivity contribution in [3.8, 4) is 6.07 Å². The van der Waals surface area contributed by atoms with Crippen LogP contribution in [0.4, 0.5) is 0 Å². The van der Waals surface area contributed by atoms with Crippen LogP contribution in [-0.2, 0) is 5.41 Å². The molecule has 2 aromatic rings. The van der Waals surface area contributed by atoms with Crippen LogP contribution >= 0.6 is 0 Å². The summed E-state index contributed by atoms with van der Waals surface area (Å²) in [5, 5.41) is 9.10. The largest absolute Gasteiger partial charge is 0.302 e. The Kier molecular flexibility index (Phi) is 1.27. The van der Waals surface area contributed by atoms with Crippen molar-refractivity contribution in [3.05, 3.63) is 36.3 Å². The summed E-state index contributed by atoms with van der Waals surface area (Å²) >= 11 is 0. The van der Waals surface area contributed by atoms with Gasteiger partial charge in [0.15, 0.2) is 0 Å². The monoisotopic (exact) mass is 183 g/mol. The van der Waals surface area contributed by atoms with Gasteiger partial charge in [0.1, 0.15) is 5.65 Å². The summed E-state index contributed by atoms with van der Waals surface area (Å²) in [4.78, 5) is 4.28. The molecule has 2 heterocycles. The number of hydrogen-bond acceptors (Lipinski definition) is 2. The Morgan fingerprint density at radius 2 is 2.29 bits per heavy atom. The summed E-state index contributed by atoms with van der Waals surface area (Å²) in [7, 11) is 0. The van der Waals surface area contributed by atoms with E-state index in [2.05, 4.69) is 11.1 Å². The molecule has 0 amide bonds. The van der Waals surface area contributed by atoms with Crippen LogP contribution in [0.5, 0.6) is 0 Å². The number of nitriles is 1. The molecule has 0 bridgehead atoms. The van der Waals surface area contributed by atoms with Gasteiger partial charge in [-0.25, -0.2) is 4.98 Å². The Bertz CT molecular complexity index is 529. The fourth-order valence-electron chi connectivity index (χ4n) is 1.84. The zero-order valence-electron chi connectivity index (χ0n) is 7.64. The molecule has 14 heavy (non-hydrogen) atoms. The van der Waals surface area contributed by atoms with Gasteiger partial charge in [-0.15, -0.1) is 0 Å². The van der Waals surface area contributed by atoms with Gasteiger partial charge in [-0.3, -0.25) is 0 Å². The lowest BCUT2D eigenvalue weighted by atomic mass is 10.1. The molecule has 0 aliphatic heterocycles. The number of nitrogens with zero attached hydrogens (tertiary/aromatic N) is 3. The summed E-state index contributed by atoms with van der Waals surface area (Å²) < 4.78 is 2.01. The molecule has 0 spiro atoms. The Morgan fingerprint density at radius 1 is 1.43 bits per heavy atom. The van der Waals surface area contributed by atoms with Crippen molar-refractivity contribution in [2.45, 2.75) is 18.3 Å². The molecule has 0 radical (unpaired) electrons. The molecule has 0 unspecified atom stereocenters. The molecule has 1 aliphatic rings. The van der Waals surface area contributed by atoms with Crippen LogP contribution in [-0.4, -0.2) is 9.38 Å². The lowest BCUT2D eigenvalue weighted by molar-refractivity contribution is 0.837. The number of hydrogen-bond donors (Lipinski definition) is 0. The number of rotatable bonds is 1. The summed E-state index contributed by atoms with van der Waals surface area (Å²) in [5.41, 5.74) is 1.71. The van der Waals surface area contributed by atoms with Gasteiger partial charge < -0.3 is 4.40 Å². The van der Waals surface area contributed by atoms with E-state index in [1.165, 1.54) is 0 Å². The number of imidazole rings is 1. The van der Waals surface area contributed by atoms with Crippen LogP contribution in [0, 0.1) is 11.3 Å². The van der Waals surface area contributed by atoms with Crippen LogP contribution in [0.15, 0.2) is 30.6 Å². The lowest BCUT2D eigenvalue weighted by Crippen LogP contribution is -2.06. The van der Waals surface area contributed by atoms with Crippen LogP contribution < -0.4 is 0 Å². The van der Waals surface area contributed by atoms with Crippen LogP contribution in [0.3, 0.4) is 0 Å². The second-order valence-corrected chi connectivity index (χ2v) is 3.77. The van der Waals surface area contributed by atoms with Crippen molar-refractivity contribution < 1.29 is 0 Å². The smallest absolute Gasteiger partial charge is 0.136 e. The van der Waals surface area contributed by atoms with Crippen molar-refractivity contribution in [2.75, 3.05) is 0 Å². The molecular formula is C11H9N3. The van der Waals surface area contributed by atoms with Gasteiger partial charge in [0.25, 0.3) is 0 Å². The van der Waals surface area contributed by atoms with Crippen LogP contribution in [0.2, 0.25) is 0 Å². The van der Waals surface area contributed by atoms with Gasteiger partial charge in [-0.2, -0.15) is 5.26 Å². The summed E-state index contributed by atoms with van der Waals surface area (Å²) in [5.74, 6) is 0. The van der Waals surface area contributed by atoms with Crippen LogP contribution in [0.1, 0.15) is 18.5 Å². The zero-order valence-corrected chi connectivity index (χ0v) is 7.64. The van der Waals surface area contributed by atoms with Crippen LogP contribution in [0.25, 0.3) is 5.65 Å². The van der Waals surface area contributed by atoms with Gasteiger partial charge >= 0.3 is 0 Å². The summed E-state index contributed by atoms with van der Waals surface area (Å²) in [6.07, 6.45) is 5.72. The third kappa shape index (κ3) is 0.828. The average molecular weight is 183 g/mol. The third-order valence-corrected chi connectivity index (χ3v) is 2.87. The van der Waals surface area contributed by atoms with Gasteiger partial charge in [-0.05, 0) is 25.0 Å². The molecule has 68 valence electrons. The Balaban J connectivity index is 2.29. The van der Waals surface area contributed by atoms with Crippen molar-refractivity contribution in [1.29, 1.82) is 5.26 Å². The Labute approximate surface area is 81.6 Å². The molecule has 0 atom stereocenters. The first-order chi connectivity index (χ1) is 6.86. The van der Waals surface area contributed by atoms with E-state index in [9.17, 15) is 0 Å². The first kappa shape index (κ1) is 7.57. The average Bonchev–Trinajstić information content (AvgIpc) is 2.91. The van der Waals surface area contributed by atoms with Gasteiger partial charge in [-0.1, -0.05) is 6.07 Å². The van der Waals surface area contributed by atoms with Gasteiger partial charge in [0.2, 0.25) is 0 Å². The maximum absolute atomic E-state index is 9.10. The van der Waals surface area contributed by atoms with E-state index in [1.54, 1.807) is 0 Å². The van der Waals surface area contributed by atoms with Crippen molar-refractivity contribution in [3.63, 3.8) is 0 Å². The molecule has 1 fully saturated rings. The minimum Gasteiger partial charge on any atom is -0.302 e. The molecule has 3 nitrogen and oxygen atoms in total. The predicted molar refractivity (Wildman–Crippen MR) is 51.7 cm³/mol. The summed E-state index contributed by atoms with van der Waals surface area (Å²) in [6, 6.07) is 8.26. The van der Waals surface area contributed by atoms with E-state index in [0.717, 1.165) is 24.2 Å². The van der Waals surface area contributed by atoms with E-state index in [0.29, 0.717) is 0 Å². The molecule has 0 N–H and O–H groups in total. The standard InChI is InChI=1S/C11H9N3/c12-8-11(4-5-11)9-7-13-10-3-1-2-6-14(9)10/h1-3,6-7H,4-5H2. The fourth-order valence-corrected chi connectivity index (χ4v) is 1.84. The number of aromatic nitrogens is 2. The van der Waals surface area contributed by atoms with E-state index >= 15 is 0 Å². The van der Waals surface area contributed by atoms with Crippen molar-refractivity contribution in [1.82, 2.24) is 9.38 Å². The summed E-state index contributed by atoms with van der Waals surface area (Å²) in [6.45, 7) is 0. The topological polar surface area (TPSA) is 41.1 Å². The molecule has 2 aromatic heterocycles. The van der Waals surface area contributed by atoms with Crippen molar-refractivity contribution in [2.24, 2.45) is 0 Å². The predicted octanol–water partition coefficient (Wildman–Crippen LogP) is 1.89. The second-order valence-electron chi connectivity index (χ2n) is 3.77.